The van der Waals surface area contributed by atoms with Gasteiger partial charge < -0.3 is 15.2 Å². The molecular weight excluding hydrogens is 334 g/mol. The fourth-order valence-electron chi connectivity index (χ4n) is 2.49. The SMILES string of the molecule is CC(C)(C)OC(=O)N[C@@H](Cc1ccc2c(c1)CS(=O)(=O)C2)C(=O)O. The van der Waals surface area contributed by atoms with E-state index in [0.717, 1.165) is 5.56 Å². The minimum Gasteiger partial charge on any atom is -0.480 e. The van der Waals surface area contributed by atoms with Crippen LogP contribution in [0.4, 0.5) is 4.79 Å². The van der Waals surface area contributed by atoms with E-state index in [1.807, 2.05) is 0 Å². The lowest BCUT2D eigenvalue weighted by molar-refractivity contribution is -0.139. The van der Waals surface area contributed by atoms with Crippen LogP contribution in [0.25, 0.3) is 0 Å². The van der Waals surface area contributed by atoms with E-state index in [-0.39, 0.29) is 17.9 Å². The van der Waals surface area contributed by atoms with E-state index in [1.165, 1.54) is 0 Å². The van der Waals surface area contributed by atoms with Crippen molar-refractivity contribution < 1.29 is 27.9 Å². The first-order chi connectivity index (χ1) is 11.0. The monoisotopic (exact) mass is 355 g/mol. The fourth-order valence-corrected chi connectivity index (χ4v) is 4.09. The Morgan fingerprint density at radius 2 is 1.88 bits per heavy atom. The Hall–Kier alpha value is -2.09. The van der Waals surface area contributed by atoms with Gasteiger partial charge >= 0.3 is 12.1 Å². The summed E-state index contributed by atoms with van der Waals surface area (Å²) in [7, 11) is -3.11. The van der Waals surface area contributed by atoms with E-state index in [9.17, 15) is 23.1 Å². The van der Waals surface area contributed by atoms with Crippen LogP contribution < -0.4 is 5.32 Å². The Balaban J connectivity index is 2.09. The van der Waals surface area contributed by atoms with Gasteiger partial charge in [-0.1, -0.05) is 18.2 Å². The Bertz CT molecular complexity index is 763. The summed E-state index contributed by atoms with van der Waals surface area (Å²) in [4.78, 5) is 23.1. The third kappa shape index (κ3) is 4.95. The number of carboxylic acids is 1. The van der Waals surface area contributed by atoms with Crippen LogP contribution in [0.5, 0.6) is 0 Å². The number of carbonyl (C=O) groups is 2. The normalized spacial score (nSPS) is 17.0. The summed E-state index contributed by atoms with van der Waals surface area (Å²) < 4.78 is 28.3. The maximum Gasteiger partial charge on any atom is 0.408 e. The molecule has 2 N–H and O–H groups in total. The number of sulfone groups is 1. The standard InChI is InChI=1S/C16H21NO6S/c1-16(2,3)23-15(20)17-13(14(18)19)7-10-4-5-11-8-24(21,22)9-12(11)6-10/h4-6,13H,7-9H2,1-3H3,(H,17,20)(H,18,19)/t13-/m0/s1. The number of carboxylic acid groups (broad SMARTS) is 1. The van der Waals surface area contributed by atoms with Crippen LogP contribution in [0.15, 0.2) is 18.2 Å². The minimum absolute atomic E-state index is 0.0150. The number of aliphatic carboxylic acids is 1. The molecule has 0 aromatic heterocycles. The predicted molar refractivity (Wildman–Crippen MR) is 87.3 cm³/mol. The second-order valence-corrected chi connectivity index (χ2v) is 8.94. The predicted octanol–water partition coefficient (Wildman–Crippen LogP) is 1.64. The molecule has 1 aliphatic rings. The third-order valence-corrected chi connectivity index (χ3v) is 4.95. The number of hydrogen-bond acceptors (Lipinski definition) is 5. The van der Waals surface area contributed by atoms with E-state index >= 15 is 0 Å². The lowest BCUT2D eigenvalue weighted by Crippen LogP contribution is -2.44. The molecule has 0 saturated heterocycles. The molecular formula is C16H21NO6S. The van der Waals surface area contributed by atoms with Crippen molar-refractivity contribution in [1.82, 2.24) is 5.32 Å². The smallest absolute Gasteiger partial charge is 0.408 e. The van der Waals surface area contributed by atoms with Gasteiger partial charge in [0.1, 0.15) is 11.6 Å². The van der Waals surface area contributed by atoms with Gasteiger partial charge in [-0.2, -0.15) is 0 Å². The molecule has 1 amide bonds. The second kappa shape index (κ2) is 6.43. The van der Waals surface area contributed by atoms with E-state index < -0.39 is 33.5 Å². The van der Waals surface area contributed by atoms with Crippen molar-refractivity contribution in [3.05, 3.63) is 34.9 Å². The number of ether oxygens (including phenoxy) is 1. The number of benzene rings is 1. The van der Waals surface area contributed by atoms with Crippen LogP contribution in [-0.4, -0.2) is 37.2 Å². The topological polar surface area (TPSA) is 110 Å². The molecule has 0 fully saturated rings. The zero-order valence-electron chi connectivity index (χ0n) is 13.8. The maximum atomic E-state index is 11.8. The number of rotatable bonds is 4. The van der Waals surface area contributed by atoms with Gasteiger partial charge in [0.05, 0.1) is 11.5 Å². The quantitative estimate of drug-likeness (QED) is 0.849. The summed E-state index contributed by atoms with van der Waals surface area (Å²) >= 11 is 0. The summed E-state index contributed by atoms with van der Waals surface area (Å²) in [5, 5.41) is 11.6. The lowest BCUT2D eigenvalue weighted by atomic mass is 10.0. The Kier molecular flexibility index (Phi) is 4.89. The van der Waals surface area contributed by atoms with Gasteiger partial charge in [0.2, 0.25) is 0 Å². The zero-order valence-corrected chi connectivity index (χ0v) is 14.6. The second-order valence-electron chi connectivity index (χ2n) is 6.88. The van der Waals surface area contributed by atoms with Gasteiger partial charge in [0, 0.05) is 6.42 Å². The highest BCUT2D eigenvalue weighted by molar-refractivity contribution is 7.90. The summed E-state index contributed by atoms with van der Waals surface area (Å²) in [5.41, 5.74) is 1.35. The summed E-state index contributed by atoms with van der Waals surface area (Å²) in [6, 6.07) is 3.91. The van der Waals surface area contributed by atoms with Gasteiger partial charge in [0.25, 0.3) is 0 Å². The number of nitrogens with one attached hydrogen (secondary N) is 1. The van der Waals surface area contributed by atoms with Gasteiger partial charge in [-0.25, -0.2) is 18.0 Å². The Morgan fingerprint density at radius 3 is 2.46 bits per heavy atom. The van der Waals surface area contributed by atoms with Gasteiger partial charge in [-0.3, -0.25) is 0 Å². The molecule has 0 saturated carbocycles. The van der Waals surface area contributed by atoms with Crippen LogP contribution in [0.3, 0.4) is 0 Å². The van der Waals surface area contributed by atoms with Crippen molar-refractivity contribution >= 4 is 21.9 Å². The number of hydrogen-bond donors (Lipinski definition) is 2. The van der Waals surface area contributed by atoms with E-state index in [2.05, 4.69) is 5.32 Å². The van der Waals surface area contributed by atoms with Crippen molar-refractivity contribution in [2.75, 3.05) is 0 Å². The molecule has 0 unspecified atom stereocenters. The summed E-state index contributed by atoms with van der Waals surface area (Å²) in [6.45, 7) is 5.05. The highest BCUT2D eigenvalue weighted by Crippen LogP contribution is 2.26. The molecule has 0 aliphatic carbocycles. The number of alkyl carbamates (subject to hydrolysis) is 1. The van der Waals surface area contributed by atoms with Crippen molar-refractivity contribution in [2.24, 2.45) is 0 Å². The molecule has 1 heterocycles. The van der Waals surface area contributed by atoms with Gasteiger partial charge in [-0.15, -0.1) is 0 Å². The number of fused-ring (bicyclic) bond motifs is 1. The summed E-state index contributed by atoms with van der Waals surface area (Å²) in [6.07, 6.45) is -0.763. The van der Waals surface area contributed by atoms with Crippen LogP contribution >= 0.6 is 0 Å². The largest absolute Gasteiger partial charge is 0.480 e. The molecule has 1 aromatic carbocycles. The highest BCUT2D eigenvalue weighted by atomic mass is 32.2. The van der Waals surface area contributed by atoms with Gasteiger partial charge in [-0.05, 0) is 37.5 Å². The number of carbonyl (C=O) groups excluding carboxylic acids is 1. The molecule has 1 atom stereocenters. The molecule has 0 bridgehead atoms. The summed E-state index contributed by atoms with van der Waals surface area (Å²) in [5.74, 6) is -1.21. The average Bonchev–Trinajstić information content (AvgIpc) is 2.68. The van der Waals surface area contributed by atoms with Crippen LogP contribution in [0.2, 0.25) is 0 Å². The lowest BCUT2D eigenvalue weighted by Gasteiger charge is -2.22. The fraction of sp³-hybridized carbons (Fsp3) is 0.500. The first-order valence-corrected chi connectivity index (χ1v) is 9.31. The van der Waals surface area contributed by atoms with Crippen LogP contribution in [0, 0.1) is 0 Å². The molecule has 7 nitrogen and oxygen atoms in total. The van der Waals surface area contributed by atoms with Crippen molar-refractivity contribution in [3.8, 4) is 0 Å². The number of amides is 1. The maximum absolute atomic E-state index is 11.8. The van der Waals surface area contributed by atoms with E-state index in [1.54, 1.807) is 39.0 Å². The molecule has 24 heavy (non-hydrogen) atoms. The Morgan fingerprint density at radius 1 is 1.25 bits per heavy atom. The first kappa shape index (κ1) is 18.3. The van der Waals surface area contributed by atoms with E-state index in [4.69, 9.17) is 4.74 Å². The van der Waals surface area contributed by atoms with Crippen LogP contribution in [-0.2, 0) is 37.3 Å². The average molecular weight is 355 g/mol. The highest BCUT2D eigenvalue weighted by Gasteiger charge is 2.27. The van der Waals surface area contributed by atoms with Crippen molar-refractivity contribution in [3.63, 3.8) is 0 Å². The molecule has 0 spiro atoms. The zero-order chi connectivity index (χ0) is 18.1. The third-order valence-electron chi connectivity index (χ3n) is 3.45. The first-order valence-electron chi connectivity index (χ1n) is 7.49. The molecule has 2 rings (SSSR count). The van der Waals surface area contributed by atoms with E-state index in [0.29, 0.717) is 11.1 Å². The molecule has 0 radical (unpaired) electrons. The molecule has 1 aliphatic heterocycles. The minimum atomic E-state index is -3.11. The van der Waals surface area contributed by atoms with Gasteiger partial charge in [0.15, 0.2) is 9.84 Å². The molecule has 8 heteroatoms. The van der Waals surface area contributed by atoms with Crippen molar-refractivity contribution in [2.45, 2.75) is 50.3 Å². The van der Waals surface area contributed by atoms with Crippen molar-refractivity contribution in [1.29, 1.82) is 0 Å². The Labute approximate surface area is 140 Å². The molecule has 1 aromatic rings. The molecule has 132 valence electrons. The van der Waals surface area contributed by atoms with Crippen LogP contribution in [0.1, 0.15) is 37.5 Å².